The van der Waals surface area contributed by atoms with Crippen molar-refractivity contribution >= 4 is 11.9 Å². The fourth-order valence-corrected chi connectivity index (χ4v) is 2.65. The van der Waals surface area contributed by atoms with Crippen molar-refractivity contribution in [3.8, 4) is 0 Å². The first-order chi connectivity index (χ1) is 10.1. The molecule has 1 aliphatic heterocycles. The summed E-state index contributed by atoms with van der Waals surface area (Å²) in [4.78, 5) is 27.0. The van der Waals surface area contributed by atoms with Gasteiger partial charge in [0.25, 0.3) is 0 Å². The quantitative estimate of drug-likeness (QED) is 0.611. The third-order valence-electron chi connectivity index (χ3n) is 4.20. The summed E-state index contributed by atoms with van der Waals surface area (Å²) in [5.41, 5.74) is 0. The summed E-state index contributed by atoms with van der Waals surface area (Å²) in [6.07, 6.45) is 2.18. The second-order valence-electron chi connectivity index (χ2n) is 5.55. The Balaban J connectivity index is 2.10. The maximum Gasteiger partial charge on any atom is 0.306 e. The first-order valence-electron chi connectivity index (χ1n) is 8.02. The number of amides is 1. The highest BCUT2D eigenvalue weighted by Crippen LogP contribution is 2.16. The molecule has 0 atom stereocenters. The van der Waals surface area contributed by atoms with Gasteiger partial charge in [-0.3, -0.25) is 9.59 Å². The normalized spacial score (nSPS) is 16.4. The standard InChI is InChI=1S/C15H29N3O3/c1-3-17(4-2)9-5-8-16-12-14(19)18-10-6-13(7-11-18)15(20)21/h13,16H,3-12H2,1-2H3,(H,20,21). The fraction of sp³-hybridized carbons (Fsp3) is 0.867. The number of carboxylic acid groups (broad SMARTS) is 1. The van der Waals surface area contributed by atoms with Gasteiger partial charge < -0.3 is 20.2 Å². The molecule has 0 radical (unpaired) electrons. The Morgan fingerprint density at radius 1 is 1.24 bits per heavy atom. The zero-order valence-corrected chi connectivity index (χ0v) is 13.3. The fourth-order valence-electron chi connectivity index (χ4n) is 2.65. The molecule has 1 rings (SSSR count). The highest BCUT2D eigenvalue weighted by Gasteiger charge is 2.26. The van der Waals surface area contributed by atoms with E-state index in [0.29, 0.717) is 32.5 Å². The van der Waals surface area contributed by atoms with Gasteiger partial charge in [-0.2, -0.15) is 0 Å². The molecule has 6 heteroatoms. The van der Waals surface area contributed by atoms with Crippen molar-refractivity contribution in [1.82, 2.24) is 15.1 Å². The number of nitrogens with one attached hydrogen (secondary N) is 1. The van der Waals surface area contributed by atoms with E-state index in [1.807, 2.05) is 0 Å². The molecule has 1 fully saturated rings. The average molecular weight is 299 g/mol. The van der Waals surface area contributed by atoms with Crippen LogP contribution in [0.4, 0.5) is 0 Å². The lowest BCUT2D eigenvalue weighted by Crippen LogP contribution is -2.44. The second kappa shape index (κ2) is 9.73. The molecule has 122 valence electrons. The molecule has 0 saturated carbocycles. The maximum absolute atomic E-state index is 12.0. The van der Waals surface area contributed by atoms with Crippen molar-refractivity contribution in [2.45, 2.75) is 33.1 Å². The monoisotopic (exact) mass is 299 g/mol. The molecule has 0 spiro atoms. The van der Waals surface area contributed by atoms with E-state index in [4.69, 9.17) is 5.11 Å². The Hall–Kier alpha value is -1.14. The second-order valence-corrected chi connectivity index (χ2v) is 5.55. The van der Waals surface area contributed by atoms with Crippen molar-refractivity contribution in [2.75, 3.05) is 45.8 Å². The Bertz CT molecular complexity index is 324. The summed E-state index contributed by atoms with van der Waals surface area (Å²) >= 11 is 0. The van der Waals surface area contributed by atoms with E-state index < -0.39 is 5.97 Å². The van der Waals surface area contributed by atoms with Crippen LogP contribution in [0.15, 0.2) is 0 Å². The van der Waals surface area contributed by atoms with Crippen LogP contribution >= 0.6 is 0 Å². The predicted molar refractivity (Wildman–Crippen MR) is 82.2 cm³/mol. The molecule has 0 aromatic rings. The van der Waals surface area contributed by atoms with E-state index in [1.165, 1.54) is 0 Å². The maximum atomic E-state index is 12.0. The van der Waals surface area contributed by atoms with Crippen molar-refractivity contribution in [3.05, 3.63) is 0 Å². The number of hydrogen-bond donors (Lipinski definition) is 2. The summed E-state index contributed by atoms with van der Waals surface area (Å²) in [5, 5.41) is 12.1. The highest BCUT2D eigenvalue weighted by molar-refractivity contribution is 5.78. The molecule has 6 nitrogen and oxygen atoms in total. The van der Waals surface area contributed by atoms with Crippen molar-refractivity contribution < 1.29 is 14.7 Å². The molecule has 1 amide bonds. The molecule has 0 bridgehead atoms. The molecular formula is C15H29N3O3. The number of carbonyl (C=O) groups excluding carboxylic acids is 1. The number of carboxylic acids is 1. The number of likely N-dealkylation sites (tertiary alicyclic amines) is 1. The van der Waals surface area contributed by atoms with Gasteiger partial charge in [-0.1, -0.05) is 13.8 Å². The lowest BCUT2D eigenvalue weighted by atomic mass is 9.97. The molecule has 1 heterocycles. The Kier molecular flexibility index (Phi) is 8.30. The van der Waals surface area contributed by atoms with E-state index in [2.05, 4.69) is 24.1 Å². The van der Waals surface area contributed by atoms with E-state index in [9.17, 15) is 9.59 Å². The largest absolute Gasteiger partial charge is 0.481 e. The Morgan fingerprint density at radius 3 is 2.38 bits per heavy atom. The molecule has 1 saturated heterocycles. The Labute approximate surface area is 127 Å². The Morgan fingerprint density at radius 2 is 1.86 bits per heavy atom. The van der Waals surface area contributed by atoms with Crippen LogP contribution in [-0.2, 0) is 9.59 Å². The predicted octanol–water partition coefficient (Wildman–Crippen LogP) is 0.631. The van der Waals surface area contributed by atoms with Crippen LogP contribution in [-0.4, -0.2) is 72.6 Å². The van der Waals surface area contributed by atoms with Gasteiger partial charge in [-0.25, -0.2) is 0 Å². The van der Waals surface area contributed by atoms with Crippen LogP contribution in [0.3, 0.4) is 0 Å². The zero-order valence-electron chi connectivity index (χ0n) is 13.3. The van der Waals surface area contributed by atoms with E-state index >= 15 is 0 Å². The summed E-state index contributed by atoms with van der Waals surface area (Å²) < 4.78 is 0. The summed E-state index contributed by atoms with van der Waals surface area (Å²) in [6.45, 7) is 9.82. The number of carbonyl (C=O) groups is 2. The molecular weight excluding hydrogens is 270 g/mol. The van der Waals surface area contributed by atoms with Crippen LogP contribution in [0.25, 0.3) is 0 Å². The third kappa shape index (κ3) is 6.44. The van der Waals surface area contributed by atoms with E-state index in [0.717, 1.165) is 32.6 Å². The molecule has 0 aromatic carbocycles. The number of aliphatic carboxylic acids is 1. The molecule has 21 heavy (non-hydrogen) atoms. The average Bonchev–Trinajstić information content (AvgIpc) is 2.50. The van der Waals surface area contributed by atoms with Crippen LogP contribution in [0.1, 0.15) is 33.1 Å². The molecule has 0 unspecified atom stereocenters. The smallest absolute Gasteiger partial charge is 0.306 e. The first-order valence-corrected chi connectivity index (χ1v) is 8.02. The van der Waals surface area contributed by atoms with Gasteiger partial charge >= 0.3 is 5.97 Å². The van der Waals surface area contributed by atoms with Gasteiger partial charge in [0.1, 0.15) is 0 Å². The minimum atomic E-state index is -0.739. The minimum Gasteiger partial charge on any atom is -0.481 e. The van der Waals surface area contributed by atoms with Crippen LogP contribution in [0.5, 0.6) is 0 Å². The van der Waals surface area contributed by atoms with Gasteiger partial charge in [0.2, 0.25) is 5.91 Å². The third-order valence-corrected chi connectivity index (χ3v) is 4.20. The lowest BCUT2D eigenvalue weighted by Gasteiger charge is -2.30. The van der Waals surface area contributed by atoms with Gasteiger partial charge in [-0.15, -0.1) is 0 Å². The molecule has 2 N–H and O–H groups in total. The van der Waals surface area contributed by atoms with E-state index in [1.54, 1.807) is 4.90 Å². The van der Waals surface area contributed by atoms with Crippen LogP contribution < -0.4 is 5.32 Å². The van der Waals surface area contributed by atoms with Crippen molar-refractivity contribution in [1.29, 1.82) is 0 Å². The van der Waals surface area contributed by atoms with Crippen molar-refractivity contribution in [2.24, 2.45) is 5.92 Å². The van der Waals surface area contributed by atoms with Gasteiger partial charge in [-0.05, 0) is 45.4 Å². The minimum absolute atomic E-state index is 0.0849. The SMILES string of the molecule is CCN(CC)CCCNCC(=O)N1CCC(C(=O)O)CC1. The summed E-state index contributed by atoms with van der Waals surface area (Å²) in [6, 6.07) is 0. The number of nitrogens with zero attached hydrogens (tertiary/aromatic N) is 2. The molecule has 1 aliphatic rings. The van der Waals surface area contributed by atoms with Gasteiger partial charge in [0.05, 0.1) is 12.5 Å². The summed E-state index contributed by atoms with van der Waals surface area (Å²) in [7, 11) is 0. The van der Waals surface area contributed by atoms with Crippen LogP contribution in [0, 0.1) is 5.92 Å². The number of hydrogen-bond acceptors (Lipinski definition) is 4. The lowest BCUT2D eigenvalue weighted by molar-refractivity contribution is -0.145. The summed E-state index contributed by atoms with van der Waals surface area (Å²) in [5.74, 6) is -0.936. The topological polar surface area (TPSA) is 72.9 Å². The van der Waals surface area contributed by atoms with Gasteiger partial charge in [0.15, 0.2) is 0 Å². The highest BCUT2D eigenvalue weighted by atomic mass is 16.4. The van der Waals surface area contributed by atoms with Gasteiger partial charge in [0, 0.05) is 13.1 Å². The van der Waals surface area contributed by atoms with Crippen LogP contribution in [0.2, 0.25) is 0 Å². The number of piperidine rings is 1. The molecule has 0 aliphatic carbocycles. The van der Waals surface area contributed by atoms with E-state index in [-0.39, 0.29) is 11.8 Å². The molecule has 0 aromatic heterocycles. The first kappa shape index (κ1) is 17.9. The number of rotatable bonds is 9. The van der Waals surface area contributed by atoms with Crippen molar-refractivity contribution in [3.63, 3.8) is 0 Å². The zero-order chi connectivity index (χ0) is 15.7.